The van der Waals surface area contributed by atoms with Gasteiger partial charge in [0.2, 0.25) is 11.3 Å². The first-order valence-electron chi connectivity index (χ1n) is 8.39. The second-order valence-corrected chi connectivity index (χ2v) is 6.42. The fourth-order valence-electron chi connectivity index (χ4n) is 3.22. The molecule has 134 valence electrons. The molecule has 0 aliphatic rings. The molecule has 0 radical (unpaired) electrons. The van der Waals surface area contributed by atoms with E-state index in [9.17, 15) is 9.59 Å². The molecule has 1 heterocycles. The van der Waals surface area contributed by atoms with Crippen molar-refractivity contribution in [2.24, 2.45) is 7.05 Å². The summed E-state index contributed by atoms with van der Waals surface area (Å²) in [5.41, 5.74) is 3.58. The predicted octanol–water partition coefficient (Wildman–Crippen LogP) is 3.85. The van der Waals surface area contributed by atoms with Gasteiger partial charge in [-0.05, 0) is 43.2 Å². The van der Waals surface area contributed by atoms with Crippen LogP contribution in [0.3, 0.4) is 0 Å². The van der Waals surface area contributed by atoms with Gasteiger partial charge in [-0.2, -0.15) is 0 Å². The first-order chi connectivity index (χ1) is 12.3. The van der Waals surface area contributed by atoms with Crippen LogP contribution in [0.1, 0.15) is 18.1 Å². The summed E-state index contributed by atoms with van der Waals surface area (Å²) < 4.78 is 7.30. The summed E-state index contributed by atoms with van der Waals surface area (Å²) in [6.45, 7) is 5.37. The van der Waals surface area contributed by atoms with Gasteiger partial charge in [0.15, 0.2) is 0 Å². The third kappa shape index (κ3) is 2.86. The van der Waals surface area contributed by atoms with Crippen LogP contribution in [0.15, 0.2) is 47.4 Å². The topological polar surface area (TPSA) is 51.5 Å². The third-order valence-corrected chi connectivity index (χ3v) is 4.72. The maximum Gasteiger partial charge on any atom is 0.228 e. The third-order valence-electron chi connectivity index (χ3n) is 4.72. The fraction of sp³-hybridized carbons (Fsp3) is 0.238. The van der Waals surface area contributed by atoms with Crippen molar-refractivity contribution in [2.45, 2.75) is 20.8 Å². The number of pyridine rings is 1. The lowest BCUT2D eigenvalue weighted by atomic mass is 10.1. The molecule has 0 fully saturated rings. The zero-order valence-corrected chi connectivity index (χ0v) is 15.7. The van der Waals surface area contributed by atoms with Gasteiger partial charge in [-0.25, -0.2) is 0 Å². The molecule has 0 unspecified atom stereocenters. The molecule has 0 N–H and O–H groups in total. The Hall–Kier alpha value is -3.08. The molecule has 1 aromatic heterocycles. The van der Waals surface area contributed by atoms with E-state index in [1.165, 1.54) is 11.8 Å². The summed E-state index contributed by atoms with van der Waals surface area (Å²) in [7, 11) is 3.46. The van der Waals surface area contributed by atoms with Crippen LogP contribution in [-0.4, -0.2) is 17.6 Å². The number of carbonyl (C=O) groups excluding carboxylic acids is 1. The Kier molecular flexibility index (Phi) is 4.55. The number of amides is 1. The van der Waals surface area contributed by atoms with Crippen LogP contribution in [-0.2, 0) is 11.8 Å². The summed E-state index contributed by atoms with van der Waals surface area (Å²) >= 11 is 0. The van der Waals surface area contributed by atoms with Gasteiger partial charge >= 0.3 is 0 Å². The SMILES string of the molecule is COc1cc(N(C(C)=O)c2cn(C)c3ccccc3c2=O)cc(C)c1C. The number of nitrogens with zero attached hydrogens (tertiary/aromatic N) is 2. The highest BCUT2D eigenvalue weighted by atomic mass is 16.5. The first kappa shape index (κ1) is 17.7. The van der Waals surface area contributed by atoms with Crippen molar-refractivity contribution in [1.29, 1.82) is 0 Å². The second kappa shape index (κ2) is 6.67. The summed E-state index contributed by atoms with van der Waals surface area (Å²) in [4.78, 5) is 27.0. The van der Waals surface area contributed by atoms with Crippen LogP contribution in [0.4, 0.5) is 11.4 Å². The molecular weight excluding hydrogens is 328 g/mol. The van der Waals surface area contributed by atoms with Gasteiger partial charge in [0.1, 0.15) is 11.4 Å². The Morgan fingerprint density at radius 1 is 1.15 bits per heavy atom. The van der Waals surface area contributed by atoms with Gasteiger partial charge in [-0.15, -0.1) is 0 Å². The quantitative estimate of drug-likeness (QED) is 0.721. The van der Waals surface area contributed by atoms with Crippen LogP contribution in [0, 0.1) is 13.8 Å². The molecule has 0 spiro atoms. The van der Waals surface area contributed by atoms with Gasteiger partial charge < -0.3 is 9.30 Å². The van der Waals surface area contributed by atoms with Crippen molar-refractivity contribution in [3.05, 3.63) is 63.9 Å². The van der Waals surface area contributed by atoms with E-state index in [0.717, 1.165) is 16.6 Å². The smallest absolute Gasteiger partial charge is 0.228 e. The molecular formula is C21H22N2O3. The lowest BCUT2D eigenvalue weighted by Crippen LogP contribution is -2.29. The predicted molar refractivity (Wildman–Crippen MR) is 104 cm³/mol. The van der Waals surface area contributed by atoms with E-state index in [0.29, 0.717) is 22.5 Å². The summed E-state index contributed by atoms with van der Waals surface area (Å²) in [6.07, 6.45) is 1.70. The molecule has 0 atom stereocenters. The van der Waals surface area contributed by atoms with E-state index in [1.807, 2.05) is 49.7 Å². The Morgan fingerprint density at radius 3 is 2.50 bits per heavy atom. The maximum absolute atomic E-state index is 13.1. The zero-order chi connectivity index (χ0) is 19.0. The van der Waals surface area contributed by atoms with Crippen molar-refractivity contribution in [2.75, 3.05) is 12.0 Å². The zero-order valence-electron chi connectivity index (χ0n) is 15.7. The Balaban J connectivity index is 2.30. The second-order valence-electron chi connectivity index (χ2n) is 6.42. The molecule has 3 aromatic rings. The highest BCUT2D eigenvalue weighted by Gasteiger charge is 2.21. The van der Waals surface area contributed by atoms with E-state index < -0.39 is 0 Å². The van der Waals surface area contributed by atoms with Crippen molar-refractivity contribution in [3.63, 3.8) is 0 Å². The normalized spacial score (nSPS) is 10.8. The molecule has 1 amide bonds. The number of aromatic nitrogens is 1. The van der Waals surface area contributed by atoms with Crippen LogP contribution < -0.4 is 15.1 Å². The highest BCUT2D eigenvalue weighted by Crippen LogP contribution is 2.32. The van der Waals surface area contributed by atoms with Crippen LogP contribution >= 0.6 is 0 Å². The molecule has 5 nitrogen and oxygen atoms in total. The van der Waals surface area contributed by atoms with Gasteiger partial charge in [0.05, 0.1) is 18.3 Å². The van der Waals surface area contributed by atoms with Gasteiger partial charge in [-0.3, -0.25) is 14.5 Å². The summed E-state index contributed by atoms with van der Waals surface area (Å²) in [5.74, 6) is 0.451. The van der Waals surface area contributed by atoms with Crippen molar-refractivity contribution in [3.8, 4) is 5.75 Å². The molecule has 3 rings (SSSR count). The van der Waals surface area contributed by atoms with Crippen LogP contribution in [0.25, 0.3) is 10.9 Å². The van der Waals surface area contributed by atoms with Gasteiger partial charge in [0, 0.05) is 31.6 Å². The van der Waals surface area contributed by atoms with E-state index >= 15 is 0 Å². The lowest BCUT2D eigenvalue weighted by Gasteiger charge is -2.24. The molecule has 0 bridgehead atoms. The minimum Gasteiger partial charge on any atom is -0.496 e. The lowest BCUT2D eigenvalue weighted by molar-refractivity contribution is -0.115. The summed E-state index contributed by atoms with van der Waals surface area (Å²) in [5, 5.41) is 0.578. The monoisotopic (exact) mass is 350 g/mol. The van der Waals surface area contributed by atoms with E-state index in [1.54, 1.807) is 25.4 Å². The average Bonchev–Trinajstić information content (AvgIpc) is 2.62. The molecule has 0 aliphatic carbocycles. The molecule has 26 heavy (non-hydrogen) atoms. The molecule has 0 aliphatic heterocycles. The molecule has 2 aromatic carbocycles. The molecule has 5 heteroatoms. The largest absolute Gasteiger partial charge is 0.496 e. The number of fused-ring (bicyclic) bond motifs is 1. The minimum absolute atomic E-state index is 0.175. The number of para-hydroxylation sites is 1. The van der Waals surface area contributed by atoms with Crippen molar-refractivity contribution < 1.29 is 9.53 Å². The number of aryl methyl sites for hydroxylation is 2. The number of hydrogen-bond donors (Lipinski definition) is 0. The van der Waals surface area contributed by atoms with Crippen LogP contribution in [0.2, 0.25) is 0 Å². The Morgan fingerprint density at radius 2 is 1.85 bits per heavy atom. The Bertz CT molecular complexity index is 1070. The first-order valence-corrected chi connectivity index (χ1v) is 8.39. The number of methoxy groups -OCH3 is 1. The van der Waals surface area contributed by atoms with E-state index in [-0.39, 0.29) is 11.3 Å². The van der Waals surface area contributed by atoms with Crippen molar-refractivity contribution >= 4 is 28.2 Å². The number of rotatable bonds is 3. The number of benzene rings is 2. The van der Waals surface area contributed by atoms with E-state index in [4.69, 9.17) is 4.74 Å². The fourth-order valence-corrected chi connectivity index (χ4v) is 3.22. The standard InChI is InChI=1S/C21H22N2O3/c1-13-10-16(11-20(26-5)14(13)2)23(15(3)24)19-12-22(4)18-9-7-6-8-17(18)21(19)25/h6-12H,1-5H3. The van der Waals surface area contributed by atoms with Gasteiger partial charge in [-0.1, -0.05) is 12.1 Å². The van der Waals surface area contributed by atoms with E-state index in [2.05, 4.69) is 0 Å². The minimum atomic E-state index is -0.234. The summed E-state index contributed by atoms with van der Waals surface area (Å²) in [6, 6.07) is 11.1. The Labute approximate surface area is 152 Å². The maximum atomic E-state index is 13.1. The molecule has 0 saturated heterocycles. The number of ether oxygens (including phenoxy) is 1. The number of anilines is 2. The highest BCUT2D eigenvalue weighted by molar-refractivity contribution is 6.00. The number of carbonyl (C=O) groups is 1. The average molecular weight is 350 g/mol. The van der Waals surface area contributed by atoms with Gasteiger partial charge in [0.25, 0.3) is 0 Å². The van der Waals surface area contributed by atoms with Crippen LogP contribution in [0.5, 0.6) is 5.75 Å². The van der Waals surface area contributed by atoms with Crippen molar-refractivity contribution in [1.82, 2.24) is 4.57 Å². The molecule has 0 saturated carbocycles. The number of hydrogen-bond acceptors (Lipinski definition) is 3.